The third kappa shape index (κ3) is 5.67. The number of hydrogen-bond donors (Lipinski definition) is 3. The van der Waals surface area contributed by atoms with Crippen LogP contribution in [0.3, 0.4) is 0 Å². The number of nitrogens with one attached hydrogen (secondary N) is 3. The molecule has 3 heterocycles. The zero-order chi connectivity index (χ0) is 32.3. The van der Waals surface area contributed by atoms with Crippen molar-refractivity contribution in [3.63, 3.8) is 0 Å². The summed E-state index contributed by atoms with van der Waals surface area (Å²) in [5.74, 6) is 3.41. The molecular formula is C37H60N4O5. The van der Waals surface area contributed by atoms with Crippen LogP contribution in [0.5, 0.6) is 0 Å². The number of nitrogens with zero attached hydrogens (tertiary/aromatic N) is 1. The minimum Gasteiger partial charge on any atom is -0.379 e. The summed E-state index contributed by atoms with van der Waals surface area (Å²) >= 11 is 0. The fourth-order valence-electron chi connectivity index (χ4n) is 12.1. The maximum Gasteiger partial charge on any atom is 0.229 e. The molecule has 3 aliphatic heterocycles. The van der Waals surface area contributed by atoms with Gasteiger partial charge in [-0.3, -0.25) is 24.6 Å². The molecule has 7 fully saturated rings. The molecule has 0 unspecified atom stereocenters. The second-order valence-corrected chi connectivity index (χ2v) is 17.1. The standard InChI is InChI=1S/C37H60N4O5/c1-23-8-11-37(39-22-23)24(2)34-30(46-37)19-29-27-7-6-25-18-26(9-10-35(25,3)28(27)20-31(42)36(29,34)4)40-33(44)21-32(43)38-12-5-13-41-14-16-45-17-15-41/h23-30,34,39H,5-22H2,1-4H3,(H,38,43)(H,40,44)/t23-,24-,25+,26+,27+,28-,29-,30-,34-,35-,36+,37+/m0/s1. The molecule has 7 aliphatic rings. The minimum absolute atomic E-state index is 0.103. The molecule has 0 aromatic carbocycles. The van der Waals surface area contributed by atoms with Crippen LogP contribution in [0.1, 0.15) is 98.3 Å². The van der Waals surface area contributed by atoms with Gasteiger partial charge in [0, 0.05) is 55.9 Å². The first kappa shape index (κ1) is 33.0. The molecule has 46 heavy (non-hydrogen) atoms. The normalized spacial score (nSPS) is 47.0. The highest BCUT2D eigenvalue weighted by atomic mass is 16.5. The highest BCUT2D eigenvalue weighted by Gasteiger charge is 2.71. The predicted octanol–water partition coefficient (Wildman–Crippen LogP) is 3.90. The maximum absolute atomic E-state index is 14.4. The number of rotatable bonds is 7. The van der Waals surface area contributed by atoms with Gasteiger partial charge in [0.15, 0.2) is 0 Å². The molecular weight excluding hydrogens is 580 g/mol. The summed E-state index contributed by atoms with van der Waals surface area (Å²) in [6, 6.07) is 0.114. The summed E-state index contributed by atoms with van der Waals surface area (Å²) in [7, 11) is 0. The van der Waals surface area contributed by atoms with Crippen LogP contribution in [0, 0.1) is 52.3 Å². The van der Waals surface area contributed by atoms with E-state index in [1.165, 1.54) is 19.3 Å². The Kier molecular flexibility index (Phi) is 9.12. The molecule has 12 atom stereocenters. The van der Waals surface area contributed by atoms with Crippen LogP contribution in [0.25, 0.3) is 0 Å². The Balaban J connectivity index is 0.921. The van der Waals surface area contributed by atoms with E-state index < -0.39 is 0 Å². The quantitative estimate of drug-likeness (QED) is 0.286. The smallest absolute Gasteiger partial charge is 0.229 e. The van der Waals surface area contributed by atoms with Crippen LogP contribution in [0.4, 0.5) is 0 Å². The second kappa shape index (κ2) is 12.7. The maximum atomic E-state index is 14.4. The molecule has 0 aromatic heterocycles. The van der Waals surface area contributed by atoms with E-state index in [0.717, 1.165) is 77.9 Å². The molecule has 9 nitrogen and oxygen atoms in total. The Labute approximate surface area is 276 Å². The SMILES string of the molecule is C[C@H]1CC[C@@]2(NC1)O[C@H]1C[C@H]3[C@@H]4CC[C@@H]5C[C@H](NC(=O)CC(=O)NCCCN6CCOCC6)CC[C@]5(C)[C@H]4CC(=O)[C@]3(C)[C@H]1[C@@H]2C. The Morgan fingerprint density at radius 3 is 2.57 bits per heavy atom. The number of carbonyl (C=O) groups excluding carboxylic acids is 3. The summed E-state index contributed by atoms with van der Waals surface area (Å²) in [6.07, 6.45) is 10.2. The van der Waals surface area contributed by atoms with E-state index in [9.17, 15) is 14.4 Å². The number of morpholine rings is 1. The fourth-order valence-corrected chi connectivity index (χ4v) is 12.1. The second-order valence-electron chi connectivity index (χ2n) is 17.1. The van der Waals surface area contributed by atoms with E-state index in [1.807, 2.05) is 0 Å². The van der Waals surface area contributed by atoms with Crippen LogP contribution in [0.2, 0.25) is 0 Å². The van der Waals surface area contributed by atoms with Crippen LogP contribution in [-0.2, 0) is 23.9 Å². The molecule has 7 rings (SSSR count). The molecule has 3 N–H and O–H groups in total. The third-order valence-electron chi connectivity index (χ3n) is 14.8. The Morgan fingerprint density at radius 2 is 1.80 bits per heavy atom. The zero-order valence-electron chi connectivity index (χ0n) is 28.9. The molecule has 3 saturated heterocycles. The van der Waals surface area contributed by atoms with Gasteiger partial charge in [0.2, 0.25) is 11.8 Å². The average Bonchev–Trinajstić information content (AvgIpc) is 3.48. The van der Waals surface area contributed by atoms with Crippen molar-refractivity contribution >= 4 is 17.6 Å². The molecule has 9 heteroatoms. The summed E-state index contributed by atoms with van der Waals surface area (Å²) in [4.78, 5) is 42.1. The van der Waals surface area contributed by atoms with E-state index in [0.29, 0.717) is 60.2 Å². The Morgan fingerprint density at radius 1 is 1.00 bits per heavy atom. The number of carbonyl (C=O) groups is 3. The van der Waals surface area contributed by atoms with Crippen LogP contribution in [0.15, 0.2) is 0 Å². The summed E-state index contributed by atoms with van der Waals surface area (Å²) < 4.78 is 12.4. The van der Waals surface area contributed by atoms with Crippen molar-refractivity contribution in [3.05, 3.63) is 0 Å². The molecule has 4 saturated carbocycles. The van der Waals surface area contributed by atoms with E-state index >= 15 is 0 Å². The first-order valence-corrected chi connectivity index (χ1v) is 18.9. The van der Waals surface area contributed by atoms with Crippen LogP contribution < -0.4 is 16.0 Å². The van der Waals surface area contributed by atoms with Gasteiger partial charge in [0.25, 0.3) is 0 Å². The first-order valence-electron chi connectivity index (χ1n) is 18.9. The number of piperidine rings is 1. The minimum atomic E-state index is -0.281. The Bertz CT molecular complexity index is 1170. The number of amides is 2. The highest BCUT2D eigenvalue weighted by molar-refractivity contribution is 5.97. The highest BCUT2D eigenvalue weighted by Crippen LogP contribution is 2.70. The van der Waals surface area contributed by atoms with Gasteiger partial charge < -0.3 is 20.1 Å². The van der Waals surface area contributed by atoms with Crippen LogP contribution in [-0.4, -0.2) is 86.3 Å². The Hall–Kier alpha value is -1.55. The molecule has 4 aliphatic carbocycles. The summed E-state index contributed by atoms with van der Waals surface area (Å²) in [5, 5.41) is 9.96. The van der Waals surface area contributed by atoms with Gasteiger partial charge in [-0.15, -0.1) is 0 Å². The number of hydrogen-bond acceptors (Lipinski definition) is 7. The predicted molar refractivity (Wildman–Crippen MR) is 176 cm³/mol. The number of fused-ring (bicyclic) bond motifs is 7. The van der Waals surface area contributed by atoms with Crippen molar-refractivity contribution in [2.45, 2.75) is 116 Å². The first-order chi connectivity index (χ1) is 22.0. The average molecular weight is 641 g/mol. The van der Waals surface area contributed by atoms with E-state index in [1.54, 1.807) is 0 Å². The monoisotopic (exact) mass is 640 g/mol. The van der Waals surface area contributed by atoms with E-state index in [4.69, 9.17) is 9.47 Å². The third-order valence-corrected chi connectivity index (χ3v) is 14.8. The lowest BCUT2D eigenvalue weighted by Gasteiger charge is -2.60. The molecule has 0 bridgehead atoms. The van der Waals surface area contributed by atoms with Gasteiger partial charge in [0.05, 0.1) is 19.3 Å². The van der Waals surface area contributed by atoms with Gasteiger partial charge in [-0.05, 0) is 99.3 Å². The van der Waals surface area contributed by atoms with Gasteiger partial charge in [-0.2, -0.15) is 0 Å². The molecule has 258 valence electrons. The van der Waals surface area contributed by atoms with Crippen LogP contribution >= 0.6 is 0 Å². The lowest BCUT2D eigenvalue weighted by atomic mass is 9.44. The number of ether oxygens (including phenoxy) is 2. The van der Waals surface area contributed by atoms with Crippen molar-refractivity contribution in [3.8, 4) is 0 Å². The number of Topliss-reactive ketones (excluding diaryl/α,β-unsaturated/α-hetero) is 1. The zero-order valence-corrected chi connectivity index (χ0v) is 28.9. The molecule has 0 radical (unpaired) electrons. The van der Waals surface area contributed by atoms with Crippen molar-refractivity contribution in [2.75, 3.05) is 45.9 Å². The lowest BCUT2D eigenvalue weighted by molar-refractivity contribution is -0.160. The summed E-state index contributed by atoms with van der Waals surface area (Å²) in [5.41, 5.74) is -0.397. The van der Waals surface area contributed by atoms with E-state index in [-0.39, 0.29) is 46.9 Å². The molecule has 1 spiro atoms. The van der Waals surface area contributed by atoms with Gasteiger partial charge in [-0.25, -0.2) is 0 Å². The number of ketones is 1. The van der Waals surface area contributed by atoms with Gasteiger partial charge in [0.1, 0.15) is 17.9 Å². The van der Waals surface area contributed by atoms with Gasteiger partial charge in [-0.1, -0.05) is 27.7 Å². The molecule has 0 aromatic rings. The van der Waals surface area contributed by atoms with Crippen molar-refractivity contribution in [2.24, 2.45) is 52.3 Å². The molecule has 2 amide bonds. The summed E-state index contributed by atoms with van der Waals surface area (Å²) in [6.45, 7) is 15.5. The lowest BCUT2D eigenvalue weighted by Crippen LogP contribution is -2.60. The van der Waals surface area contributed by atoms with E-state index in [2.05, 4.69) is 48.5 Å². The van der Waals surface area contributed by atoms with Crippen molar-refractivity contribution in [1.29, 1.82) is 0 Å². The fraction of sp³-hybridized carbons (Fsp3) is 0.919. The van der Waals surface area contributed by atoms with Gasteiger partial charge >= 0.3 is 0 Å². The topological polar surface area (TPSA) is 109 Å². The largest absolute Gasteiger partial charge is 0.379 e. The van der Waals surface area contributed by atoms with Crippen molar-refractivity contribution < 1.29 is 23.9 Å². The van der Waals surface area contributed by atoms with Crippen molar-refractivity contribution in [1.82, 2.24) is 20.9 Å².